The second-order valence-corrected chi connectivity index (χ2v) is 5.83. The standard InChI is InChI=1S/C16H25N/c1-10-8-11(2)16(12(3)9-10)14(5)17-13(4)15-6-7-15/h8-9,13-15,17H,6-7H2,1-5H3. The average molecular weight is 231 g/mol. The summed E-state index contributed by atoms with van der Waals surface area (Å²) in [6, 6.07) is 5.71. The van der Waals surface area contributed by atoms with Crippen molar-refractivity contribution in [1.82, 2.24) is 5.32 Å². The van der Waals surface area contributed by atoms with E-state index < -0.39 is 0 Å². The van der Waals surface area contributed by atoms with E-state index >= 15 is 0 Å². The molecule has 1 N–H and O–H groups in total. The van der Waals surface area contributed by atoms with Gasteiger partial charge < -0.3 is 5.32 Å². The van der Waals surface area contributed by atoms with Crippen LogP contribution in [0, 0.1) is 26.7 Å². The van der Waals surface area contributed by atoms with Crippen LogP contribution in [0.2, 0.25) is 0 Å². The van der Waals surface area contributed by atoms with E-state index in [1.165, 1.54) is 35.1 Å². The number of rotatable bonds is 4. The SMILES string of the molecule is Cc1cc(C)c(C(C)NC(C)C2CC2)c(C)c1. The molecule has 0 saturated heterocycles. The van der Waals surface area contributed by atoms with Crippen molar-refractivity contribution in [1.29, 1.82) is 0 Å². The fourth-order valence-corrected chi connectivity index (χ4v) is 3.08. The maximum atomic E-state index is 3.76. The van der Waals surface area contributed by atoms with E-state index in [1.807, 2.05) is 0 Å². The van der Waals surface area contributed by atoms with Crippen molar-refractivity contribution in [2.75, 3.05) is 0 Å². The molecule has 2 atom stereocenters. The lowest BCUT2D eigenvalue weighted by Gasteiger charge is -2.23. The molecule has 2 unspecified atom stereocenters. The summed E-state index contributed by atoms with van der Waals surface area (Å²) in [5.74, 6) is 0.920. The number of nitrogens with one attached hydrogen (secondary N) is 1. The molecule has 94 valence electrons. The molecule has 1 aromatic carbocycles. The van der Waals surface area contributed by atoms with Crippen LogP contribution in [0.4, 0.5) is 0 Å². The lowest BCUT2D eigenvalue weighted by Crippen LogP contribution is -2.31. The molecule has 17 heavy (non-hydrogen) atoms. The van der Waals surface area contributed by atoms with Gasteiger partial charge in [0.25, 0.3) is 0 Å². The Morgan fingerprint density at radius 2 is 1.59 bits per heavy atom. The van der Waals surface area contributed by atoms with E-state index in [4.69, 9.17) is 0 Å². The second kappa shape index (κ2) is 4.81. The highest BCUT2D eigenvalue weighted by atomic mass is 15.0. The Labute approximate surface area is 106 Å². The minimum atomic E-state index is 0.464. The summed E-state index contributed by atoms with van der Waals surface area (Å²) >= 11 is 0. The van der Waals surface area contributed by atoms with Crippen LogP contribution in [0.3, 0.4) is 0 Å². The minimum Gasteiger partial charge on any atom is -0.307 e. The molecular formula is C16H25N. The van der Waals surface area contributed by atoms with Gasteiger partial charge in [0.2, 0.25) is 0 Å². The average Bonchev–Trinajstić information content (AvgIpc) is 2.97. The Hall–Kier alpha value is -0.820. The predicted octanol–water partition coefficient (Wildman–Crippen LogP) is 4.06. The van der Waals surface area contributed by atoms with Crippen LogP contribution in [0.25, 0.3) is 0 Å². The first-order valence-electron chi connectivity index (χ1n) is 6.83. The lowest BCUT2D eigenvalue weighted by molar-refractivity contribution is 0.439. The number of aryl methyl sites for hydroxylation is 3. The summed E-state index contributed by atoms with van der Waals surface area (Å²) in [4.78, 5) is 0. The van der Waals surface area contributed by atoms with Gasteiger partial charge in [0.05, 0.1) is 0 Å². The van der Waals surface area contributed by atoms with Crippen LogP contribution in [0.5, 0.6) is 0 Å². The molecule has 0 bridgehead atoms. The number of hydrogen-bond donors (Lipinski definition) is 1. The van der Waals surface area contributed by atoms with Crippen molar-refractivity contribution in [3.8, 4) is 0 Å². The Bertz CT molecular complexity index is 381. The first-order chi connectivity index (χ1) is 7.99. The summed E-state index contributed by atoms with van der Waals surface area (Å²) in [5, 5.41) is 3.76. The maximum absolute atomic E-state index is 3.76. The van der Waals surface area contributed by atoms with Crippen LogP contribution in [-0.2, 0) is 0 Å². The fraction of sp³-hybridized carbons (Fsp3) is 0.625. The summed E-state index contributed by atoms with van der Waals surface area (Å²) < 4.78 is 0. The van der Waals surface area contributed by atoms with Gasteiger partial charge in [0.15, 0.2) is 0 Å². The van der Waals surface area contributed by atoms with Crippen LogP contribution in [0.1, 0.15) is 55.0 Å². The van der Waals surface area contributed by atoms with Crippen LogP contribution < -0.4 is 5.32 Å². The van der Waals surface area contributed by atoms with Crippen LogP contribution >= 0.6 is 0 Å². The molecule has 0 aliphatic heterocycles. The van der Waals surface area contributed by atoms with E-state index in [-0.39, 0.29) is 0 Å². The first-order valence-corrected chi connectivity index (χ1v) is 6.83. The van der Waals surface area contributed by atoms with Crippen LogP contribution in [0.15, 0.2) is 12.1 Å². The molecule has 1 aromatic rings. The minimum absolute atomic E-state index is 0.464. The molecule has 1 aliphatic rings. The zero-order chi connectivity index (χ0) is 12.6. The first kappa shape index (κ1) is 12.6. The summed E-state index contributed by atoms with van der Waals surface area (Å²) in [7, 11) is 0. The van der Waals surface area contributed by atoms with Gasteiger partial charge in [0.1, 0.15) is 0 Å². The van der Waals surface area contributed by atoms with Gasteiger partial charge in [-0.3, -0.25) is 0 Å². The van der Waals surface area contributed by atoms with Gasteiger partial charge in [-0.05, 0) is 70.1 Å². The van der Waals surface area contributed by atoms with Crippen molar-refractivity contribution >= 4 is 0 Å². The highest BCUT2D eigenvalue weighted by molar-refractivity contribution is 5.39. The second-order valence-electron chi connectivity index (χ2n) is 5.83. The molecule has 1 nitrogen and oxygen atoms in total. The topological polar surface area (TPSA) is 12.0 Å². The molecule has 0 amide bonds. The summed E-state index contributed by atoms with van der Waals surface area (Å²) in [5.41, 5.74) is 5.70. The quantitative estimate of drug-likeness (QED) is 0.824. The van der Waals surface area contributed by atoms with Crippen LogP contribution in [-0.4, -0.2) is 6.04 Å². The normalized spacial score (nSPS) is 19.1. The fourth-order valence-electron chi connectivity index (χ4n) is 3.08. The molecule has 1 fully saturated rings. The zero-order valence-electron chi connectivity index (χ0n) is 11.8. The summed E-state index contributed by atoms with van der Waals surface area (Å²) in [6.07, 6.45) is 2.82. The Morgan fingerprint density at radius 1 is 1.06 bits per heavy atom. The Kier molecular flexibility index (Phi) is 3.58. The van der Waals surface area contributed by atoms with Gasteiger partial charge in [-0.25, -0.2) is 0 Å². The van der Waals surface area contributed by atoms with Gasteiger partial charge in [-0.2, -0.15) is 0 Å². The van der Waals surface area contributed by atoms with Gasteiger partial charge in [-0.1, -0.05) is 17.7 Å². The Balaban J connectivity index is 2.15. The van der Waals surface area contributed by atoms with Gasteiger partial charge in [-0.15, -0.1) is 0 Å². The highest BCUT2D eigenvalue weighted by Crippen LogP contribution is 2.34. The van der Waals surface area contributed by atoms with Crippen molar-refractivity contribution in [3.05, 3.63) is 34.4 Å². The third-order valence-electron chi connectivity index (χ3n) is 4.01. The molecule has 2 rings (SSSR count). The molecule has 1 heteroatoms. The van der Waals surface area contributed by atoms with Crippen molar-refractivity contribution in [2.24, 2.45) is 5.92 Å². The maximum Gasteiger partial charge on any atom is 0.0299 e. The monoisotopic (exact) mass is 231 g/mol. The Morgan fingerprint density at radius 3 is 2.06 bits per heavy atom. The third kappa shape index (κ3) is 2.90. The van der Waals surface area contributed by atoms with E-state index in [2.05, 4.69) is 52.1 Å². The molecule has 0 radical (unpaired) electrons. The zero-order valence-corrected chi connectivity index (χ0v) is 11.8. The van der Waals surface area contributed by atoms with Crippen molar-refractivity contribution in [3.63, 3.8) is 0 Å². The van der Waals surface area contributed by atoms with E-state index in [1.54, 1.807) is 0 Å². The molecule has 0 spiro atoms. The van der Waals surface area contributed by atoms with E-state index in [0.29, 0.717) is 12.1 Å². The molecule has 1 saturated carbocycles. The molecule has 0 heterocycles. The van der Waals surface area contributed by atoms with E-state index in [0.717, 1.165) is 5.92 Å². The molecular weight excluding hydrogens is 206 g/mol. The summed E-state index contributed by atoms with van der Waals surface area (Å²) in [6.45, 7) is 11.3. The van der Waals surface area contributed by atoms with Crippen molar-refractivity contribution in [2.45, 2.75) is 59.5 Å². The predicted molar refractivity (Wildman–Crippen MR) is 74.4 cm³/mol. The molecule has 1 aliphatic carbocycles. The highest BCUT2D eigenvalue weighted by Gasteiger charge is 2.29. The number of benzene rings is 1. The lowest BCUT2D eigenvalue weighted by atomic mass is 9.94. The van der Waals surface area contributed by atoms with E-state index in [9.17, 15) is 0 Å². The third-order valence-corrected chi connectivity index (χ3v) is 4.01. The van der Waals surface area contributed by atoms with Gasteiger partial charge >= 0.3 is 0 Å². The smallest absolute Gasteiger partial charge is 0.0299 e. The molecule has 0 aromatic heterocycles. The van der Waals surface area contributed by atoms with Gasteiger partial charge in [0, 0.05) is 12.1 Å². The van der Waals surface area contributed by atoms with Crippen molar-refractivity contribution < 1.29 is 0 Å². The largest absolute Gasteiger partial charge is 0.307 e. The number of hydrogen-bond acceptors (Lipinski definition) is 1.